The maximum absolute atomic E-state index is 12.4. The van der Waals surface area contributed by atoms with Crippen LogP contribution in [0, 0.1) is 0 Å². The van der Waals surface area contributed by atoms with Crippen molar-refractivity contribution in [3.05, 3.63) is 45.3 Å². The highest BCUT2D eigenvalue weighted by Crippen LogP contribution is 2.44. The molecule has 0 radical (unpaired) electrons. The van der Waals surface area contributed by atoms with Crippen LogP contribution in [0.1, 0.15) is 11.8 Å². The van der Waals surface area contributed by atoms with Crippen molar-refractivity contribution in [2.45, 2.75) is 12.5 Å². The summed E-state index contributed by atoms with van der Waals surface area (Å²) in [5, 5.41) is 2.07. The van der Waals surface area contributed by atoms with Gasteiger partial charge in [0.2, 0.25) is 16.0 Å². The third kappa shape index (κ3) is 3.00. The maximum Gasteiger partial charge on any atom is 0.239 e. The summed E-state index contributed by atoms with van der Waals surface area (Å²) in [6.07, 6.45) is 0. The lowest BCUT2D eigenvalue weighted by Crippen LogP contribution is -2.50. The number of para-hydroxylation sites is 1. The SMILES string of the molecule is CN1C(N)=N[C@](C)(c2sc(-c3cc4cccc(Cl)c4[nH]3)cc2Cl)CS1(=O)=O. The summed E-state index contributed by atoms with van der Waals surface area (Å²) >= 11 is 14.1. The molecular formula is C17H16Cl2N4O2S2. The number of benzene rings is 1. The number of guanidine groups is 1. The summed E-state index contributed by atoms with van der Waals surface area (Å²) in [6, 6.07) is 9.46. The Morgan fingerprint density at radius 3 is 2.70 bits per heavy atom. The van der Waals surface area contributed by atoms with Gasteiger partial charge in [0.25, 0.3) is 0 Å². The molecule has 0 fully saturated rings. The molecule has 1 atom stereocenters. The highest BCUT2D eigenvalue weighted by molar-refractivity contribution is 7.89. The predicted octanol–water partition coefficient (Wildman–Crippen LogP) is 4.01. The van der Waals surface area contributed by atoms with Gasteiger partial charge in [0.15, 0.2) is 0 Å². The van der Waals surface area contributed by atoms with E-state index in [1.807, 2.05) is 30.3 Å². The standard InChI is InChI=1S/C17H16Cl2N4O2S2/c1-17(8-27(24,25)23(2)16(20)22-17)15-11(19)7-13(26-15)12-6-9-4-3-5-10(18)14(9)21-12/h3-7,21H,8H2,1-2H3,(H2,20,22)/t17-/m0/s1. The van der Waals surface area contributed by atoms with E-state index in [0.717, 1.165) is 25.8 Å². The molecule has 3 aromatic rings. The van der Waals surface area contributed by atoms with E-state index in [1.165, 1.54) is 18.4 Å². The lowest BCUT2D eigenvalue weighted by molar-refractivity contribution is 0.482. The van der Waals surface area contributed by atoms with Crippen molar-refractivity contribution in [1.82, 2.24) is 9.29 Å². The Morgan fingerprint density at radius 1 is 1.30 bits per heavy atom. The summed E-state index contributed by atoms with van der Waals surface area (Å²) in [6.45, 7) is 1.73. The van der Waals surface area contributed by atoms with E-state index in [2.05, 4.69) is 9.98 Å². The monoisotopic (exact) mass is 442 g/mol. The summed E-state index contributed by atoms with van der Waals surface area (Å²) in [5.41, 5.74) is 6.49. The Morgan fingerprint density at radius 2 is 2.04 bits per heavy atom. The molecule has 0 unspecified atom stereocenters. The average molecular weight is 443 g/mol. The van der Waals surface area contributed by atoms with E-state index in [1.54, 1.807) is 6.92 Å². The highest BCUT2D eigenvalue weighted by Gasteiger charge is 2.42. The second kappa shape index (κ2) is 6.13. The number of halogens is 2. The fraction of sp³-hybridized carbons (Fsp3) is 0.235. The number of fused-ring (bicyclic) bond motifs is 1. The molecule has 0 amide bonds. The van der Waals surface area contributed by atoms with Gasteiger partial charge >= 0.3 is 0 Å². The number of rotatable bonds is 2. The summed E-state index contributed by atoms with van der Waals surface area (Å²) < 4.78 is 25.9. The zero-order valence-electron chi connectivity index (χ0n) is 14.5. The third-order valence-electron chi connectivity index (χ3n) is 4.61. The van der Waals surface area contributed by atoms with Crippen LogP contribution in [0.5, 0.6) is 0 Å². The number of H-pyrrole nitrogens is 1. The van der Waals surface area contributed by atoms with Crippen LogP contribution < -0.4 is 5.73 Å². The normalized spacial score (nSPS) is 22.2. The minimum absolute atomic E-state index is 0.0489. The predicted molar refractivity (Wildman–Crippen MR) is 112 cm³/mol. The Hall–Kier alpha value is -1.74. The molecule has 0 saturated carbocycles. The van der Waals surface area contributed by atoms with Gasteiger partial charge in [-0.25, -0.2) is 17.7 Å². The Labute approximate surface area is 170 Å². The number of sulfonamides is 1. The summed E-state index contributed by atoms with van der Waals surface area (Å²) in [7, 11) is -2.17. The zero-order chi connectivity index (χ0) is 19.6. The number of hydrogen-bond donors (Lipinski definition) is 2. The number of thiophene rings is 1. The van der Waals surface area contributed by atoms with Gasteiger partial charge < -0.3 is 10.7 Å². The fourth-order valence-corrected chi connectivity index (χ4v) is 6.55. The van der Waals surface area contributed by atoms with Gasteiger partial charge in [-0.2, -0.15) is 0 Å². The van der Waals surface area contributed by atoms with Crippen molar-refractivity contribution >= 4 is 61.4 Å². The molecule has 0 spiro atoms. The van der Waals surface area contributed by atoms with Crippen LogP contribution >= 0.6 is 34.5 Å². The second-order valence-corrected chi connectivity index (χ2v) is 10.5. The average Bonchev–Trinajstić information content (AvgIpc) is 3.17. The molecule has 142 valence electrons. The number of hydrogen-bond acceptors (Lipinski definition) is 5. The fourth-order valence-electron chi connectivity index (χ4n) is 3.19. The quantitative estimate of drug-likeness (QED) is 0.627. The molecule has 3 heterocycles. The molecule has 0 aliphatic carbocycles. The Balaban J connectivity index is 1.83. The molecule has 0 bridgehead atoms. The molecule has 1 aromatic carbocycles. The number of nitrogens with one attached hydrogen (secondary N) is 1. The van der Waals surface area contributed by atoms with Crippen molar-refractivity contribution < 1.29 is 8.42 Å². The van der Waals surface area contributed by atoms with Crippen molar-refractivity contribution in [2.75, 3.05) is 12.8 Å². The molecule has 1 aliphatic rings. The molecule has 3 N–H and O–H groups in total. The van der Waals surface area contributed by atoms with Crippen molar-refractivity contribution in [3.8, 4) is 10.6 Å². The van der Waals surface area contributed by atoms with Crippen LogP contribution in [0.15, 0.2) is 35.3 Å². The van der Waals surface area contributed by atoms with Crippen molar-refractivity contribution in [2.24, 2.45) is 10.7 Å². The smallest absolute Gasteiger partial charge is 0.239 e. The molecule has 4 rings (SSSR count). The van der Waals surface area contributed by atoms with E-state index in [-0.39, 0.29) is 11.7 Å². The molecule has 1 aliphatic heterocycles. The topological polar surface area (TPSA) is 91.5 Å². The van der Waals surface area contributed by atoms with Crippen LogP contribution in [0.2, 0.25) is 10.0 Å². The lowest BCUT2D eigenvalue weighted by atomic mass is 10.0. The first-order valence-electron chi connectivity index (χ1n) is 8.00. The van der Waals surface area contributed by atoms with Gasteiger partial charge in [-0.15, -0.1) is 11.3 Å². The number of aromatic nitrogens is 1. The van der Waals surface area contributed by atoms with E-state index >= 15 is 0 Å². The minimum atomic E-state index is -3.56. The van der Waals surface area contributed by atoms with Gasteiger partial charge in [-0.05, 0) is 25.1 Å². The number of aromatic amines is 1. The van der Waals surface area contributed by atoms with Gasteiger partial charge in [-0.3, -0.25) is 0 Å². The van der Waals surface area contributed by atoms with E-state index in [0.29, 0.717) is 14.9 Å². The molecular weight excluding hydrogens is 427 g/mol. The Bertz CT molecular complexity index is 1200. The number of aliphatic imine (C=N–C) groups is 1. The van der Waals surface area contributed by atoms with Gasteiger partial charge in [0, 0.05) is 12.4 Å². The van der Waals surface area contributed by atoms with Crippen molar-refractivity contribution in [3.63, 3.8) is 0 Å². The van der Waals surface area contributed by atoms with E-state index in [4.69, 9.17) is 28.9 Å². The maximum atomic E-state index is 12.4. The summed E-state index contributed by atoms with van der Waals surface area (Å²) in [4.78, 5) is 9.25. The van der Waals surface area contributed by atoms with Crippen molar-refractivity contribution in [1.29, 1.82) is 0 Å². The second-order valence-electron chi connectivity index (χ2n) is 6.64. The number of nitrogens with two attached hydrogens (primary N) is 1. The van der Waals surface area contributed by atoms with Gasteiger partial charge in [0.05, 0.1) is 36.8 Å². The molecule has 10 heteroatoms. The van der Waals surface area contributed by atoms with E-state index in [9.17, 15) is 8.42 Å². The first-order chi connectivity index (χ1) is 12.6. The molecule has 27 heavy (non-hydrogen) atoms. The van der Waals surface area contributed by atoms with Crippen LogP contribution in [0.4, 0.5) is 0 Å². The highest BCUT2D eigenvalue weighted by atomic mass is 35.5. The van der Waals surface area contributed by atoms with Crippen LogP contribution in [0.3, 0.4) is 0 Å². The van der Waals surface area contributed by atoms with Crippen LogP contribution in [-0.4, -0.2) is 36.5 Å². The molecule has 2 aromatic heterocycles. The number of nitrogens with zero attached hydrogens (tertiary/aromatic N) is 2. The first kappa shape index (κ1) is 18.6. The van der Waals surface area contributed by atoms with Gasteiger partial charge in [0.1, 0.15) is 5.54 Å². The molecule has 0 saturated heterocycles. The summed E-state index contributed by atoms with van der Waals surface area (Å²) in [5.74, 6) is -0.248. The zero-order valence-corrected chi connectivity index (χ0v) is 17.6. The largest absolute Gasteiger partial charge is 0.369 e. The Kier molecular flexibility index (Phi) is 4.23. The molecule has 6 nitrogen and oxygen atoms in total. The van der Waals surface area contributed by atoms with Crippen LogP contribution in [0.25, 0.3) is 21.5 Å². The minimum Gasteiger partial charge on any atom is -0.369 e. The van der Waals surface area contributed by atoms with Crippen LogP contribution in [-0.2, 0) is 15.6 Å². The first-order valence-corrected chi connectivity index (χ1v) is 11.2. The van der Waals surface area contributed by atoms with E-state index < -0.39 is 15.6 Å². The lowest BCUT2D eigenvalue weighted by Gasteiger charge is -2.33. The van der Waals surface area contributed by atoms with Gasteiger partial charge in [-0.1, -0.05) is 35.3 Å². The third-order valence-corrected chi connectivity index (χ3v) is 8.71.